The van der Waals surface area contributed by atoms with Gasteiger partial charge in [0.1, 0.15) is 12.2 Å². The second kappa shape index (κ2) is 9.84. The molecule has 3 N–H and O–H groups in total. The van der Waals surface area contributed by atoms with E-state index in [1.54, 1.807) is 21.0 Å². The van der Waals surface area contributed by atoms with E-state index in [1.807, 2.05) is 32.1 Å². The minimum absolute atomic E-state index is 0.00803. The summed E-state index contributed by atoms with van der Waals surface area (Å²) < 4.78 is 16.7. The molecule has 8 heteroatoms. The van der Waals surface area contributed by atoms with Gasteiger partial charge >= 0.3 is 0 Å². The van der Waals surface area contributed by atoms with E-state index in [2.05, 4.69) is 10.6 Å². The van der Waals surface area contributed by atoms with Crippen molar-refractivity contribution in [1.82, 2.24) is 10.6 Å². The molecule has 164 valence electrons. The molecular formula is C21H34N2O6. The summed E-state index contributed by atoms with van der Waals surface area (Å²) in [6.45, 7) is 8.26. The van der Waals surface area contributed by atoms with Gasteiger partial charge in [-0.2, -0.15) is 0 Å². The number of allylic oxidation sites excluding steroid dienone is 2. The molecule has 0 aromatic carbocycles. The maximum atomic E-state index is 12.5. The summed E-state index contributed by atoms with van der Waals surface area (Å²) in [5, 5.41) is 15.6. The summed E-state index contributed by atoms with van der Waals surface area (Å²) in [4.78, 5) is 24.7. The first-order valence-corrected chi connectivity index (χ1v) is 9.98. The Bertz CT molecular complexity index is 656. The Morgan fingerprint density at radius 2 is 2.03 bits per heavy atom. The first-order valence-electron chi connectivity index (χ1n) is 9.98. The molecule has 1 fully saturated rings. The van der Waals surface area contributed by atoms with Crippen molar-refractivity contribution in [3.63, 3.8) is 0 Å². The van der Waals surface area contributed by atoms with Crippen LogP contribution in [0.2, 0.25) is 0 Å². The normalized spacial score (nSPS) is 26.3. The summed E-state index contributed by atoms with van der Waals surface area (Å²) in [5.74, 6) is -1.57. The molecule has 1 aliphatic carbocycles. The average Bonchev–Trinajstić information content (AvgIpc) is 2.68. The maximum Gasteiger partial charge on any atom is 0.249 e. The number of nitrogens with one attached hydrogen (secondary N) is 2. The first-order chi connectivity index (χ1) is 13.5. The summed E-state index contributed by atoms with van der Waals surface area (Å²) in [6, 6.07) is 0. The molecule has 1 heterocycles. The molecule has 0 spiro atoms. The Balaban J connectivity index is 1.73. The molecule has 2 rings (SSSR count). The fourth-order valence-corrected chi connectivity index (χ4v) is 3.20. The van der Waals surface area contributed by atoms with E-state index in [0.717, 1.165) is 5.57 Å². The second-order valence-corrected chi connectivity index (χ2v) is 8.68. The van der Waals surface area contributed by atoms with Crippen LogP contribution in [0.5, 0.6) is 0 Å². The minimum Gasteiger partial charge on any atom is -0.383 e. The quantitative estimate of drug-likeness (QED) is 0.552. The predicted octanol–water partition coefficient (Wildman–Crippen LogP) is 1.05. The van der Waals surface area contributed by atoms with Crippen molar-refractivity contribution in [2.24, 2.45) is 5.41 Å². The number of aliphatic hydroxyl groups is 1. The Hall–Kier alpha value is -1.74. The minimum atomic E-state index is -1.20. The van der Waals surface area contributed by atoms with E-state index < -0.39 is 29.3 Å². The third-order valence-corrected chi connectivity index (χ3v) is 5.07. The standard InChI is InChI=1S/C21H34N2O6/c1-20(2)13-28-21(3,4)29-17(20)19(26)22-10-9-16(24)18(25)23-12-14-7-6-8-15(11-14)27-5/h6-8,15-17,24H,9-13H2,1-5H3,(H,22,26)(H,23,25). The van der Waals surface area contributed by atoms with Gasteiger partial charge in [-0.1, -0.05) is 32.1 Å². The summed E-state index contributed by atoms with van der Waals surface area (Å²) in [5.41, 5.74) is 0.549. The highest BCUT2D eigenvalue weighted by molar-refractivity contribution is 5.82. The average molecular weight is 411 g/mol. The number of aliphatic hydroxyl groups excluding tert-OH is 1. The molecule has 3 atom stereocenters. The number of rotatable bonds is 8. The number of carbonyl (C=O) groups excluding carboxylic acids is 2. The van der Waals surface area contributed by atoms with E-state index in [4.69, 9.17) is 14.2 Å². The zero-order chi connectivity index (χ0) is 21.7. The highest BCUT2D eigenvalue weighted by atomic mass is 16.7. The van der Waals surface area contributed by atoms with E-state index in [1.165, 1.54) is 0 Å². The van der Waals surface area contributed by atoms with Gasteiger partial charge in [0.05, 0.1) is 12.7 Å². The fraction of sp³-hybridized carbons (Fsp3) is 0.714. The molecule has 29 heavy (non-hydrogen) atoms. The largest absolute Gasteiger partial charge is 0.383 e. The highest BCUT2D eigenvalue weighted by Gasteiger charge is 2.45. The van der Waals surface area contributed by atoms with E-state index >= 15 is 0 Å². The smallest absolute Gasteiger partial charge is 0.249 e. The fourth-order valence-electron chi connectivity index (χ4n) is 3.20. The molecule has 8 nitrogen and oxygen atoms in total. The lowest BCUT2D eigenvalue weighted by Crippen LogP contribution is -2.56. The van der Waals surface area contributed by atoms with Crippen LogP contribution < -0.4 is 10.6 Å². The zero-order valence-electron chi connectivity index (χ0n) is 18.0. The lowest BCUT2D eigenvalue weighted by atomic mass is 9.85. The van der Waals surface area contributed by atoms with Gasteiger partial charge in [0, 0.05) is 32.0 Å². The van der Waals surface area contributed by atoms with E-state index in [0.29, 0.717) is 19.6 Å². The van der Waals surface area contributed by atoms with Gasteiger partial charge < -0.3 is 30.0 Å². The van der Waals surface area contributed by atoms with Gasteiger partial charge in [0.2, 0.25) is 11.8 Å². The monoisotopic (exact) mass is 410 g/mol. The number of ether oxygens (including phenoxy) is 3. The molecule has 0 radical (unpaired) electrons. The van der Waals surface area contributed by atoms with Crippen molar-refractivity contribution in [2.45, 2.75) is 64.6 Å². The van der Waals surface area contributed by atoms with Gasteiger partial charge in [0.15, 0.2) is 5.79 Å². The number of hydrogen-bond acceptors (Lipinski definition) is 6. The Morgan fingerprint density at radius 1 is 1.31 bits per heavy atom. The third kappa shape index (κ3) is 6.92. The highest BCUT2D eigenvalue weighted by Crippen LogP contribution is 2.34. The first kappa shape index (κ1) is 23.5. The maximum absolute atomic E-state index is 12.5. The Kier molecular flexibility index (Phi) is 7.99. The van der Waals surface area contributed by atoms with Crippen molar-refractivity contribution in [2.75, 3.05) is 26.8 Å². The number of hydrogen-bond donors (Lipinski definition) is 3. The van der Waals surface area contributed by atoms with Crippen molar-refractivity contribution in [3.8, 4) is 0 Å². The molecule has 0 aromatic heterocycles. The Morgan fingerprint density at radius 3 is 2.72 bits per heavy atom. The summed E-state index contributed by atoms with van der Waals surface area (Å²) in [7, 11) is 1.64. The van der Waals surface area contributed by atoms with Gasteiger partial charge in [-0.3, -0.25) is 9.59 Å². The molecular weight excluding hydrogens is 376 g/mol. The van der Waals surface area contributed by atoms with Gasteiger partial charge in [-0.25, -0.2) is 0 Å². The van der Waals surface area contributed by atoms with Crippen molar-refractivity contribution >= 4 is 11.8 Å². The lowest BCUT2D eigenvalue weighted by molar-refractivity contribution is -0.304. The van der Waals surface area contributed by atoms with Gasteiger partial charge in [-0.15, -0.1) is 0 Å². The van der Waals surface area contributed by atoms with Crippen LogP contribution >= 0.6 is 0 Å². The Labute approximate surface area is 172 Å². The van der Waals surface area contributed by atoms with E-state index in [9.17, 15) is 14.7 Å². The lowest BCUT2D eigenvalue weighted by Gasteiger charge is -2.44. The van der Waals surface area contributed by atoms with E-state index in [-0.39, 0.29) is 25.0 Å². The van der Waals surface area contributed by atoms with Crippen LogP contribution in [0.25, 0.3) is 0 Å². The van der Waals surface area contributed by atoms with Crippen molar-refractivity contribution < 1.29 is 28.9 Å². The number of carbonyl (C=O) groups is 2. The molecule has 3 unspecified atom stereocenters. The van der Waals surface area contributed by atoms with Gasteiger partial charge in [0.25, 0.3) is 0 Å². The predicted molar refractivity (Wildman–Crippen MR) is 108 cm³/mol. The van der Waals surface area contributed by atoms with Crippen LogP contribution in [0, 0.1) is 5.41 Å². The van der Waals surface area contributed by atoms with Crippen LogP contribution in [0.3, 0.4) is 0 Å². The van der Waals surface area contributed by atoms with Crippen LogP contribution in [0.15, 0.2) is 23.8 Å². The van der Waals surface area contributed by atoms with Crippen molar-refractivity contribution in [1.29, 1.82) is 0 Å². The van der Waals surface area contributed by atoms with Gasteiger partial charge in [-0.05, 0) is 25.8 Å². The molecule has 0 saturated carbocycles. The summed E-state index contributed by atoms with van der Waals surface area (Å²) in [6.07, 6.45) is 4.74. The molecule has 0 aromatic rings. The van der Waals surface area contributed by atoms with Crippen LogP contribution in [-0.2, 0) is 23.8 Å². The summed E-state index contributed by atoms with van der Waals surface area (Å²) >= 11 is 0. The zero-order valence-corrected chi connectivity index (χ0v) is 18.0. The molecule has 2 amide bonds. The van der Waals surface area contributed by atoms with Crippen LogP contribution in [-0.4, -0.2) is 67.8 Å². The molecule has 1 aliphatic heterocycles. The molecule has 1 saturated heterocycles. The van der Waals surface area contributed by atoms with Crippen LogP contribution in [0.4, 0.5) is 0 Å². The van der Waals surface area contributed by atoms with Crippen molar-refractivity contribution in [3.05, 3.63) is 23.8 Å². The molecule has 0 bridgehead atoms. The third-order valence-electron chi connectivity index (χ3n) is 5.07. The topological polar surface area (TPSA) is 106 Å². The SMILES string of the molecule is COC1C=CC=C(CNC(=O)C(O)CCNC(=O)C2OC(C)(C)OCC2(C)C)C1. The number of methoxy groups -OCH3 is 1. The van der Waals surface area contributed by atoms with Crippen LogP contribution in [0.1, 0.15) is 40.5 Å². The molecule has 2 aliphatic rings. The second-order valence-electron chi connectivity index (χ2n) is 8.68. The number of amides is 2.